The van der Waals surface area contributed by atoms with Gasteiger partial charge in [0.2, 0.25) is 0 Å². The number of sulfone groups is 1. The van der Waals surface area contributed by atoms with Crippen molar-refractivity contribution in [3.63, 3.8) is 0 Å². The van der Waals surface area contributed by atoms with Crippen LogP contribution in [0, 0.1) is 5.92 Å². The van der Waals surface area contributed by atoms with Crippen molar-refractivity contribution in [2.75, 3.05) is 26.1 Å². The second kappa shape index (κ2) is 8.91. The van der Waals surface area contributed by atoms with Crippen LogP contribution in [0.4, 0.5) is 0 Å². The second-order valence-corrected chi connectivity index (χ2v) is 9.28. The van der Waals surface area contributed by atoms with Crippen LogP contribution in [-0.4, -0.2) is 58.1 Å². The summed E-state index contributed by atoms with van der Waals surface area (Å²) in [7, 11) is -3.69. The number of carbonyl (C=O) groups is 3. The van der Waals surface area contributed by atoms with Gasteiger partial charge in [-0.05, 0) is 18.6 Å². The molecule has 1 heterocycles. The third-order valence-corrected chi connectivity index (χ3v) is 6.40. The standard InChI is InChI=1S/C19H21ClO8S/c1-29(24,25)14-6-5-11(18(23)16-12(21)3-2-4-13(16)22)19(17(14)20)28-8-7-15-26-9-10-27-15/h5-6,15-16H,2-4,7-10H2,1H3. The molecule has 10 heteroatoms. The summed E-state index contributed by atoms with van der Waals surface area (Å²) in [5, 5.41) is -0.262. The molecule has 2 aliphatic rings. The van der Waals surface area contributed by atoms with Gasteiger partial charge in [-0.25, -0.2) is 8.42 Å². The van der Waals surface area contributed by atoms with Crippen LogP contribution in [0.3, 0.4) is 0 Å². The zero-order valence-corrected chi connectivity index (χ0v) is 17.4. The van der Waals surface area contributed by atoms with E-state index < -0.39 is 39.4 Å². The minimum atomic E-state index is -3.69. The molecule has 0 radical (unpaired) electrons. The maximum absolute atomic E-state index is 13.0. The molecule has 1 aromatic rings. The summed E-state index contributed by atoms with van der Waals surface area (Å²) in [5.41, 5.74) is -0.0933. The Morgan fingerprint density at radius 3 is 2.38 bits per heavy atom. The maximum atomic E-state index is 13.0. The van der Waals surface area contributed by atoms with E-state index >= 15 is 0 Å². The Balaban J connectivity index is 1.94. The minimum absolute atomic E-state index is 0.0322. The zero-order chi connectivity index (χ0) is 21.2. The Morgan fingerprint density at radius 1 is 1.17 bits per heavy atom. The minimum Gasteiger partial charge on any atom is -0.491 e. The predicted octanol–water partition coefficient (Wildman–Crippen LogP) is 2.01. The van der Waals surface area contributed by atoms with Gasteiger partial charge in [-0.3, -0.25) is 14.4 Å². The lowest BCUT2D eigenvalue weighted by atomic mass is 9.81. The molecule has 0 amide bonds. The smallest absolute Gasteiger partial charge is 0.184 e. The van der Waals surface area contributed by atoms with Gasteiger partial charge in [-0.2, -0.15) is 0 Å². The molecule has 3 rings (SSSR count). The van der Waals surface area contributed by atoms with E-state index in [9.17, 15) is 22.8 Å². The molecule has 1 saturated carbocycles. The summed E-state index contributed by atoms with van der Waals surface area (Å²) < 4.78 is 40.3. The summed E-state index contributed by atoms with van der Waals surface area (Å²) in [5.74, 6) is -3.21. The Hall–Kier alpha value is -1.81. The average molecular weight is 445 g/mol. The van der Waals surface area contributed by atoms with Crippen LogP contribution in [0.15, 0.2) is 17.0 Å². The van der Waals surface area contributed by atoms with Crippen LogP contribution in [0.25, 0.3) is 0 Å². The lowest BCUT2D eigenvalue weighted by Crippen LogP contribution is -2.35. The molecule has 0 N–H and O–H groups in total. The van der Waals surface area contributed by atoms with Crippen molar-refractivity contribution in [2.45, 2.75) is 36.9 Å². The lowest BCUT2D eigenvalue weighted by molar-refractivity contribution is -0.133. The summed E-state index contributed by atoms with van der Waals surface area (Å²) in [6.45, 7) is 0.958. The quantitative estimate of drug-likeness (QED) is 0.463. The van der Waals surface area contributed by atoms with Crippen molar-refractivity contribution in [2.24, 2.45) is 5.92 Å². The molecule has 0 aromatic heterocycles. The van der Waals surface area contributed by atoms with Crippen molar-refractivity contribution in [1.29, 1.82) is 0 Å². The number of carbonyl (C=O) groups excluding carboxylic acids is 3. The van der Waals surface area contributed by atoms with E-state index in [1.54, 1.807) is 0 Å². The topological polar surface area (TPSA) is 113 Å². The third kappa shape index (κ3) is 4.85. The molecular weight excluding hydrogens is 424 g/mol. The number of hydrogen-bond donors (Lipinski definition) is 0. The van der Waals surface area contributed by atoms with Gasteiger partial charge >= 0.3 is 0 Å². The SMILES string of the molecule is CS(=O)(=O)c1ccc(C(=O)C2C(=O)CCCC2=O)c(OCCC2OCCO2)c1Cl. The highest BCUT2D eigenvalue weighted by Crippen LogP contribution is 2.37. The summed E-state index contributed by atoms with van der Waals surface area (Å²) in [4.78, 5) is 37.2. The summed E-state index contributed by atoms with van der Waals surface area (Å²) in [6.07, 6.45) is 1.54. The number of benzene rings is 1. The average Bonchev–Trinajstić information content (AvgIpc) is 3.15. The van der Waals surface area contributed by atoms with Crippen LogP contribution in [0.5, 0.6) is 5.75 Å². The van der Waals surface area contributed by atoms with E-state index in [1.165, 1.54) is 12.1 Å². The largest absolute Gasteiger partial charge is 0.491 e. The van der Waals surface area contributed by atoms with Gasteiger partial charge in [0.15, 0.2) is 33.5 Å². The van der Waals surface area contributed by atoms with Crippen molar-refractivity contribution in [3.8, 4) is 5.75 Å². The van der Waals surface area contributed by atoms with Gasteiger partial charge in [-0.15, -0.1) is 0 Å². The number of ether oxygens (including phenoxy) is 3. The van der Waals surface area contributed by atoms with Gasteiger partial charge in [0, 0.05) is 25.5 Å². The first-order valence-electron chi connectivity index (χ1n) is 9.18. The molecule has 1 aromatic carbocycles. The Bertz CT molecular complexity index is 918. The van der Waals surface area contributed by atoms with Gasteiger partial charge in [0.1, 0.15) is 16.7 Å². The molecule has 1 saturated heterocycles. The molecular formula is C19H21ClO8S. The fourth-order valence-electron chi connectivity index (χ4n) is 3.34. The Kier molecular flexibility index (Phi) is 6.72. The Morgan fingerprint density at radius 2 is 1.79 bits per heavy atom. The molecule has 0 atom stereocenters. The first-order chi connectivity index (χ1) is 13.7. The molecule has 1 aliphatic carbocycles. The molecule has 8 nitrogen and oxygen atoms in total. The van der Waals surface area contributed by atoms with Crippen LogP contribution < -0.4 is 4.74 Å². The highest BCUT2D eigenvalue weighted by molar-refractivity contribution is 7.90. The zero-order valence-electron chi connectivity index (χ0n) is 15.8. The fraction of sp³-hybridized carbons (Fsp3) is 0.526. The number of hydrogen-bond acceptors (Lipinski definition) is 8. The lowest BCUT2D eigenvalue weighted by Gasteiger charge is -2.21. The third-order valence-electron chi connectivity index (χ3n) is 4.77. The second-order valence-electron chi connectivity index (χ2n) is 6.92. The van der Waals surface area contributed by atoms with E-state index in [0.29, 0.717) is 26.1 Å². The highest BCUT2D eigenvalue weighted by atomic mass is 35.5. The summed E-state index contributed by atoms with van der Waals surface area (Å²) in [6, 6.07) is 2.41. The van der Waals surface area contributed by atoms with Gasteiger partial charge in [0.25, 0.3) is 0 Å². The molecule has 1 aliphatic heterocycles. The molecule has 2 fully saturated rings. The van der Waals surface area contributed by atoms with Crippen LogP contribution >= 0.6 is 11.6 Å². The van der Waals surface area contributed by atoms with Crippen LogP contribution in [0.2, 0.25) is 5.02 Å². The van der Waals surface area contributed by atoms with Crippen LogP contribution in [-0.2, 0) is 28.9 Å². The molecule has 0 spiro atoms. The normalized spacial score (nSPS) is 19.0. The molecule has 158 valence electrons. The number of Topliss-reactive ketones (excluding diaryl/α,β-unsaturated/α-hetero) is 3. The highest BCUT2D eigenvalue weighted by Gasteiger charge is 2.38. The number of halogens is 1. The molecule has 0 unspecified atom stereocenters. The number of rotatable bonds is 7. The predicted molar refractivity (Wildman–Crippen MR) is 102 cm³/mol. The van der Waals surface area contributed by atoms with Gasteiger partial charge in [0.05, 0.1) is 30.3 Å². The van der Waals surface area contributed by atoms with Crippen molar-refractivity contribution in [1.82, 2.24) is 0 Å². The van der Waals surface area contributed by atoms with E-state index in [1.807, 2.05) is 0 Å². The number of ketones is 3. The van der Waals surface area contributed by atoms with E-state index in [0.717, 1.165) is 6.26 Å². The van der Waals surface area contributed by atoms with Crippen LogP contribution in [0.1, 0.15) is 36.0 Å². The van der Waals surface area contributed by atoms with E-state index in [2.05, 4.69) is 0 Å². The van der Waals surface area contributed by atoms with E-state index in [-0.39, 0.29) is 40.7 Å². The molecule has 0 bridgehead atoms. The van der Waals surface area contributed by atoms with Gasteiger partial charge in [-0.1, -0.05) is 11.6 Å². The Labute approximate surface area is 173 Å². The summed E-state index contributed by atoms with van der Waals surface area (Å²) >= 11 is 6.26. The maximum Gasteiger partial charge on any atom is 0.184 e. The monoisotopic (exact) mass is 444 g/mol. The molecule has 29 heavy (non-hydrogen) atoms. The fourth-order valence-corrected chi connectivity index (χ4v) is 4.72. The van der Waals surface area contributed by atoms with Gasteiger partial charge < -0.3 is 14.2 Å². The van der Waals surface area contributed by atoms with Crippen molar-refractivity contribution >= 4 is 38.8 Å². The first-order valence-corrected chi connectivity index (χ1v) is 11.5. The first kappa shape index (κ1) is 21.9. The van der Waals surface area contributed by atoms with Crippen molar-refractivity contribution < 1.29 is 37.0 Å². The van der Waals surface area contributed by atoms with E-state index in [4.69, 9.17) is 25.8 Å². The van der Waals surface area contributed by atoms with Crippen molar-refractivity contribution in [3.05, 3.63) is 22.7 Å².